The van der Waals surface area contributed by atoms with Gasteiger partial charge in [-0.2, -0.15) is 0 Å². The Balaban J connectivity index is 1.38. The SMILES string of the molecule is C1=C(c2ccncc2)CN(c2cccc(-c3nncn3-c3ccncc3)c2)C(C2CC2)=C1. The zero-order chi connectivity index (χ0) is 21.3. The number of nitrogens with zero attached hydrogens (tertiary/aromatic N) is 6. The van der Waals surface area contributed by atoms with Crippen LogP contribution >= 0.6 is 0 Å². The van der Waals surface area contributed by atoms with Crippen molar-refractivity contribution in [2.45, 2.75) is 12.8 Å². The molecule has 32 heavy (non-hydrogen) atoms. The van der Waals surface area contributed by atoms with Crippen molar-refractivity contribution in [3.05, 3.63) is 103 Å². The van der Waals surface area contributed by atoms with Gasteiger partial charge in [-0.1, -0.05) is 18.2 Å². The minimum absolute atomic E-state index is 0.648. The second-order valence-electron chi connectivity index (χ2n) is 8.16. The summed E-state index contributed by atoms with van der Waals surface area (Å²) in [5.74, 6) is 1.46. The number of aromatic nitrogens is 5. The third-order valence-electron chi connectivity index (χ3n) is 6.05. The fourth-order valence-corrected chi connectivity index (χ4v) is 4.26. The van der Waals surface area contributed by atoms with Gasteiger partial charge in [-0.05, 0) is 72.4 Å². The van der Waals surface area contributed by atoms with Gasteiger partial charge in [0.15, 0.2) is 5.82 Å². The van der Waals surface area contributed by atoms with Crippen LogP contribution in [0.1, 0.15) is 18.4 Å². The van der Waals surface area contributed by atoms with Gasteiger partial charge in [-0.3, -0.25) is 14.5 Å². The molecule has 1 saturated carbocycles. The van der Waals surface area contributed by atoms with Gasteiger partial charge in [0.1, 0.15) is 6.33 Å². The van der Waals surface area contributed by atoms with Gasteiger partial charge >= 0.3 is 0 Å². The maximum atomic E-state index is 4.42. The Bertz CT molecular complexity index is 1300. The van der Waals surface area contributed by atoms with Gasteiger partial charge in [-0.15, -0.1) is 10.2 Å². The van der Waals surface area contributed by atoms with Crippen molar-refractivity contribution in [3.63, 3.8) is 0 Å². The van der Waals surface area contributed by atoms with E-state index in [-0.39, 0.29) is 0 Å². The van der Waals surface area contributed by atoms with Gasteiger partial charge in [0.2, 0.25) is 0 Å². The molecule has 0 radical (unpaired) electrons. The summed E-state index contributed by atoms with van der Waals surface area (Å²) in [6, 6.07) is 16.7. The molecule has 4 heterocycles. The zero-order valence-electron chi connectivity index (χ0n) is 17.5. The summed E-state index contributed by atoms with van der Waals surface area (Å²) in [6.45, 7) is 0.840. The molecular formula is C26H22N6. The first-order valence-electron chi connectivity index (χ1n) is 10.9. The lowest BCUT2D eigenvalue weighted by atomic mass is 10.0. The Morgan fingerprint density at radius 2 is 1.56 bits per heavy atom. The summed E-state index contributed by atoms with van der Waals surface area (Å²) in [7, 11) is 0. The Labute approximate surface area is 186 Å². The second kappa shape index (κ2) is 7.89. The summed E-state index contributed by atoms with van der Waals surface area (Å²) in [4.78, 5) is 10.7. The summed E-state index contributed by atoms with van der Waals surface area (Å²) in [5.41, 5.74) is 7.10. The van der Waals surface area contributed by atoms with Crippen LogP contribution in [0.25, 0.3) is 22.6 Å². The first-order chi connectivity index (χ1) is 15.9. The van der Waals surface area contributed by atoms with E-state index in [1.165, 1.54) is 35.4 Å². The van der Waals surface area contributed by atoms with Gasteiger partial charge < -0.3 is 4.90 Å². The first-order valence-corrected chi connectivity index (χ1v) is 10.9. The molecule has 2 aliphatic rings. The molecule has 6 heteroatoms. The number of pyridine rings is 2. The number of benzene rings is 1. The molecule has 0 spiro atoms. The fraction of sp³-hybridized carbons (Fsp3) is 0.154. The third kappa shape index (κ3) is 3.50. The highest BCUT2D eigenvalue weighted by atomic mass is 15.3. The molecule has 0 saturated heterocycles. The number of hydrogen-bond donors (Lipinski definition) is 0. The Morgan fingerprint density at radius 3 is 2.34 bits per heavy atom. The smallest absolute Gasteiger partial charge is 0.168 e. The van der Waals surface area contributed by atoms with Gasteiger partial charge in [-0.25, -0.2) is 0 Å². The molecule has 6 rings (SSSR count). The van der Waals surface area contributed by atoms with Crippen LogP contribution in [-0.4, -0.2) is 31.3 Å². The maximum absolute atomic E-state index is 4.42. The summed E-state index contributed by atoms with van der Waals surface area (Å²) in [5, 5.41) is 8.59. The molecular weight excluding hydrogens is 396 g/mol. The molecule has 0 unspecified atom stereocenters. The standard InChI is InChI=1S/C26H22N6/c1-2-21(26-30-29-18-32(26)23-10-14-28-15-11-23)16-24(3-1)31-17-22(19-8-12-27-13-9-19)6-7-25(31)20-4-5-20/h1-3,6-16,18,20H,4-5,17H2. The molecule has 0 amide bonds. The minimum atomic E-state index is 0.648. The molecule has 156 valence electrons. The van der Waals surface area contributed by atoms with Crippen molar-refractivity contribution >= 4 is 11.3 Å². The van der Waals surface area contributed by atoms with Crippen molar-refractivity contribution < 1.29 is 0 Å². The largest absolute Gasteiger partial charge is 0.340 e. The lowest BCUT2D eigenvalue weighted by molar-refractivity contribution is 0.874. The average molecular weight is 419 g/mol. The summed E-state index contributed by atoms with van der Waals surface area (Å²) in [6.07, 6.45) is 16.1. The van der Waals surface area contributed by atoms with Crippen LogP contribution in [0.5, 0.6) is 0 Å². The molecule has 0 atom stereocenters. The van der Waals surface area contributed by atoms with Crippen LogP contribution in [0.15, 0.2) is 97.5 Å². The van der Waals surface area contributed by atoms with E-state index < -0.39 is 0 Å². The Morgan fingerprint density at radius 1 is 0.781 bits per heavy atom. The lowest BCUT2D eigenvalue weighted by Gasteiger charge is -2.32. The van der Waals surface area contributed by atoms with Crippen molar-refractivity contribution in [1.82, 2.24) is 24.7 Å². The average Bonchev–Trinajstić information content (AvgIpc) is 3.60. The maximum Gasteiger partial charge on any atom is 0.168 e. The van der Waals surface area contributed by atoms with E-state index in [2.05, 4.69) is 73.6 Å². The van der Waals surface area contributed by atoms with Gasteiger partial charge in [0, 0.05) is 48.3 Å². The van der Waals surface area contributed by atoms with Crippen molar-refractivity contribution in [3.8, 4) is 17.1 Å². The highest BCUT2D eigenvalue weighted by Crippen LogP contribution is 2.43. The normalized spacial score (nSPS) is 15.9. The molecule has 3 aromatic heterocycles. The minimum Gasteiger partial charge on any atom is -0.340 e. The highest BCUT2D eigenvalue weighted by Gasteiger charge is 2.32. The van der Waals surface area contributed by atoms with E-state index in [9.17, 15) is 0 Å². The molecule has 1 aliphatic heterocycles. The predicted octanol–water partition coefficient (Wildman–Crippen LogP) is 4.92. The molecule has 1 fully saturated rings. The topological polar surface area (TPSA) is 59.7 Å². The van der Waals surface area contributed by atoms with Crippen LogP contribution in [0.4, 0.5) is 5.69 Å². The molecule has 6 nitrogen and oxygen atoms in total. The van der Waals surface area contributed by atoms with Crippen LogP contribution < -0.4 is 4.90 Å². The van der Waals surface area contributed by atoms with E-state index in [1.807, 2.05) is 29.1 Å². The number of allylic oxidation sites excluding steroid dienone is 3. The van der Waals surface area contributed by atoms with Crippen molar-refractivity contribution in [2.75, 3.05) is 11.4 Å². The third-order valence-corrected chi connectivity index (χ3v) is 6.05. The van der Waals surface area contributed by atoms with Crippen molar-refractivity contribution in [1.29, 1.82) is 0 Å². The molecule has 1 aromatic carbocycles. The van der Waals surface area contributed by atoms with Crippen LogP contribution in [0.2, 0.25) is 0 Å². The fourth-order valence-electron chi connectivity index (χ4n) is 4.26. The summed E-state index contributed by atoms with van der Waals surface area (Å²) >= 11 is 0. The van der Waals surface area contributed by atoms with Crippen LogP contribution in [-0.2, 0) is 0 Å². The second-order valence-corrected chi connectivity index (χ2v) is 8.16. The molecule has 1 aliphatic carbocycles. The van der Waals surface area contributed by atoms with Gasteiger partial charge in [0.05, 0.1) is 5.69 Å². The van der Waals surface area contributed by atoms with E-state index >= 15 is 0 Å². The monoisotopic (exact) mass is 418 g/mol. The summed E-state index contributed by atoms with van der Waals surface area (Å²) < 4.78 is 2.00. The van der Waals surface area contributed by atoms with Gasteiger partial charge in [0.25, 0.3) is 0 Å². The quantitative estimate of drug-likeness (QED) is 0.460. The van der Waals surface area contributed by atoms with Crippen LogP contribution in [0, 0.1) is 5.92 Å². The molecule has 0 bridgehead atoms. The Hall–Kier alpha value is -4.06. The number of rotatable bonds is 5. The Kier molecular flexibility index (Phi) is 4.61. The van der Waals surface area contributed by atoms with E-state index in [0.717, 1.165) is 23.6 Å². The van der Waals surface area contributed by atoms with Crippen LogP contribution in [0.3, 0.4) is 0 Å². The van der Waals surface area contributed by atoms with E-state index in [1.54, 1.807) is 18.7 Å². The molecule has 4 aromatic rings. The number of hydrogen-bond acceptors (Lipinski definition) is 5. The van der Waals surface area contributed by atoms with E-state index in [4.69, 9.17) is 0 Å². The zero-order valence-corrected chi connectivity index (χ0v) is 17.5. The van der Waals surface area contributed by atoms with E-state index in [0.29, 0.717) is 5.92 Å². The first kappa shape index (κ1) is 18.7. The number of anilines is 1. The molecule has 0 N–H and O–H groups in total. The highest BCUT2D eigenvalue weighted by molar-refractivity contribution is 5.77. The predicted molar refractivity (Wildman–Crippen MR) is 125 cm³/mol. The van der Waals surface area contributed by atoms with Crippen molar-refractivity contribution in [2.24, 2.45) is 5.92 Å². The lowest BCUT2D eigenvalue weighted by Crippen LogP contribution is -2.28.